The average molecular weight is 413 g/mol. The molecule has 0 spiro atoms. The van der Waals surface area contributed by atoms with Gasteiger partial charge < -0.3 is 0 Å². The Labute approximate surface area is 188 Å². The molecule has 5 aliphatic carbocycles. The van der Waals surface area contributed by atoms with Gasteiger partial charge in [-0.05, 0) is 127 Å². The second kappa shape index (κ2) is 6.53. The van der Waals surface area contributed by atoms with Crippen molar-refractivity contribution in [3.05, 3.63) is 0 Å². The van der Waals surface area contributed by atoms with E-state index >= 15 is 0 Å². The second-order valence-corrected chi connectivity index (χ2v) is 15.1. The van der Waals surface area contributed by atoms with Gasteiger partial charge >= 0.3 is 0 Å². The standard InChI is InChI=1S/C30H52/c1-20(2)21-12-17-27(5)22(21)13-18-29(7)24(27)10-11-25-28(6)16-9-15-26(3,4)23(28)14-19-30(25,29)8/h20-25H,9-19H2,1-8H3/t21-,22-,23+,24+,25+,27-,28-,29+,30+/m0/s1. The predicted octanol–water partition coefficient (Wildman–Crippen LogP) is 9.13. The Morgan fingerprint density at radius 1 is 0.567 bits per heavy atom. The van der Waals surface area contributed by atoms with Crippen LogP contribution < -0.4 is 0 Å². The molecule has 0 aromatic rings. The Morgan fingerprint density at radius 3 is 1.80 bits per heavy atom. The summed E-state index contributed by atoms with van der Waals surface area (Å²) in [5, 5.41) is 0. The summed E-state index contributed by atoms with van der Waals surface area (Å²) in [5.74, 6) is 5.79. The van der Waals surface area contributed by atoms with Gasteiger partial charge in [-0.2, -0.15) is 0 Å². The fraction of sp³-hybridized carbons (Fsp3) is 1.00. The first-order chi connectivity index (χ1) is 13.9. The highest BCUT2D eigenvalue weighted by Gasteiger charge is 2.70. The lowest BCUT2D eigenvalue weighted by molar-refractivity contribution is -0.241. The number of hydrogen-bond acceptors (Lipinski definition) is 0. The molecule has 0 bridgehead atoms. The molecule has 0 N–H and O–H groups in total. The highest BCUT2D eigenvalue weighted by Crippen LogP contribution is 2.78. The molecule has 0 saturated heterocycles. The van der Waals surface area contributed by atoms with Crippen molar-refractivity contribution in [2.24, 2.45) is 62.6 Å². The molecule has 0 aliphatic heterocycles. The van der Waals surface area contributed by atoms with E-state index < -0.39 is 0 Å². The summed E-state index contributed by atoms with van der Waals surface area (Å²) in [4.78, 5) is 0. The highest BCUT2D eigenvalue weighted by atomic mass is 14.7. The molecule has 30 heavy (non-hydrogen) atoms. The number of fused-ring (bicyclic) bond motifs is 7. The normalized spacial score (nSPS) is 57.3. The summed E-state index contributed by atoms with van der Waals surface area (Å²) in [6.45, 7) is 21.4. The lowest BCUT2D eigenvalue weighted by atomic mass is 9.32. The van der Waals surface area contributed by atoms with Crippen molar-refractivity contribution in [1.82, 2.24) is 0 Å². The summed E-state index contributed by atoms with van der Waals surface area (Å²) in [5.41, 5.74) is 2.92. The fourth-order valence-electron chi connectivity index (χ4n) is 12.1. The van der Waals surface area contributed by atoms with Crippen LogP contribution in [0.4, 0.5) is 0 Å². The van der Waals surface area contributed by atoms with Crippen LogP contribution in [0.25, 0.3) is 0 Å². The van der Waals surface area contributed by atoms with Crippen molar-refractivity contribution in [3.8, 4) is 0 Å². The van der Waals surface area contributed by atoms with E-state index in [9.17, 15) is 0 Å². The van der Waals surface area contributed by atoms with Crippen LogP contribution in [0.15, 0.2) is 0 Å². The smallest absolute Gasteiger partial charge is 0.0235 e. The third-order valence-electron chi connectivity index (χ3n) is 13.6. The summed E-state index contributed by atoms with van der Waals surface area (Å²) in [7, 11) is 0. The molecule has 172 valence electrons. The zero-order valence-electron chi connectivity index (χ0n) is 21.7. The molecule has 0 aromatic heterocycles. The van der Waals surface area contributed by atoms with Crippen LogP contribution in [0, 0.1) is 62.6 Å². The molecule has 5 saturated carbocycles. The van der Waals surface area contributed by atoms with E-state index in [2.05, 4.69) is 55.4 Å². The summed E-state index contributed by atoms with van der Waals surface area (Å²) in [6.07, 6.45) is 16.6. The zero-order chi connectivity index (χ0) is 21.7. The van der Waals surface area contributed by atoms with Gasteiger partial charge in [0.2, 0.25) is 0 Å². The third-order valence-corrected chi connectivity index (χ3v) is 13.6. The van der Waals surface area contributed by atoms with Crippen LogP contribution >= 0.6 is 0 Å². The van der Waals surface area contributed by atoms with E-state index in [1.165, 1.54) is 70.6 Å². The van der Waals surface area contributed by atoms with Crippen molar-refractivity contribution in [2.45, 2.75) is 126 Å². The summed E-state index contributed by atoms with van der Waals surface area (Å²) < 4.78 is 0. The van der Waals surface area contributed by atoms with Gasteiger partial charge in [0.25, 0.3) is 0 Å². The van der Waals surface area contributed by atoms with E-state index in [4.69, 9.17) is 0 Å². The van der Waals surface area contributed by atoms with Gasteiger partial charge in [-0.25, -0.2) is 0 Å². The Morgan fingerprint density at radius 2 is 1.17 bits per heavy atom. The molecule has 0 unspecified atom stereocenters. The van der Waals surface area contributed by atoms with Crippen LogP contribution in [0.5, 0.6) is 0 Å². The van der Waals surface area contributed by atoms with Crippen molar-refractivity contribution < 1.29 is 0 Å². The van der Waals surface area contributed by atoms with Crippen LogP contribution in [-0.4, -0.2) is 0 Å². The molecule has 0 radical (unpaired) electrons. The van der Waals surface area contributed by atoms with Crippen molar-refractivity contribution in [3.63, 3.8) is 0 Å². The van der Waals surface area contributed by atoms with Gasteiger partial charge in [-0.3, -0.25) is 0 Å². The molecule has 0 heterocycles. The Hall–Kier alpha value is 0. The maximum absolute atomic E-state index is 2.81. The minimum atomic E-state index is 0.561. The van der Waals surface area contributed by atoms with Crippen LogP contribution in [-0.2, 0) is 0 Å². The molecule has 0 nitrogen and oxygen atoms in total. The summed E-state index contributed by atoms with van der Waals surface area (Å²) >= 11 is 0. The minimum absolute atomic E-state index is 0.561. The largest absolute Gasteiger partial charge is 0.0625 e. The topological polar surface area (TPSA) is 0 Å². The van der Waals surface area contributed by atoms with Gasteiger partial charge in [-0.1, -0.05) is 61.8 Å². The van der Waals surface area contributed by atoms with E-state index in [1.54, 1.807) is 0 Å². The van der Waals surface area contributed by atoms with Crippen molar-refractivity contribution in [1.29, 1.82) is 0 Å². The maximum Gasteiger partial charge on any atom is -0.0235 e. The Kier molecular flexibility index (Phi) is 4.75. The van der Waals surface area contributed by atoms with Crippen LogP contribution in [0.2, 0.25) is 0 Å². The van der Waals surface area contributed by atoms with Gasteiger partial charge in [-0.15, -0.1) is 0 Å². The van der Waals surface area contributed by atoms with E-state index in [-0.39, 0.29) is 0 Å². The summed E-state index contributed by atoms with van der Waals surface area (Å²) in [6, 6.07) is 0. The second-order valence-electron chi connectivity index (χ2n) is 15.1. The molecular formula is C30H52. The molecule has 5 fully saturated rings. The van der Waals surface area contributed by atoms with Gasteiger partial charge in [0.15, 0.2) is 0 Å². The van der Waals surface area contributed by atoms with Crippen LogP contribution in [0.3, 0.4) is 0 Å². The van der Waals surface area contributed by atoms with Crippen LogP contribution in [0.1, 0.15) is 126 Å². The van der Waals surface area contributed by atoms with Gasteiger partial charge in [0.1, 0.15) is 0 Å². The Bertz CT molecular complexity index is 688. The molecular weight excluding hydrogens is 360 g/mol. The number of hydrogen-bond donors (Lipinski definition) is 0. The highest BCUT2D eigenvalue weighted by molar-refractivity contribution is 5.18. The average Bonchev–Trinajstić information content (AvgIpc) is 2.99. The Balaban J connectivity index is 1.52. The number of rotatable bonds is 1. The molecule has 5 rings (SSSR count). The SMILES string of the molecule is CC(C)[C@@H]1CC[C@]2(C)[C@H]3CC[C@@H]4[C@@]5(C)CCCC(C)(C)[C@H]5CC[C@@]4(C)[C@]3(C)CC[C@@H]12. The van der Waals surface area contributed by atoms with Crippen molar-refractivity contribution >= 4 is 0 Å². The first kappa shape index (κ1) is 21.8. The lowest BCUT2D eigenvalue weighted by Crippen LogP contribution is -2.65. The van der Waals surface area contributed by atoms with E-state index in [0.717, 1.165) is 35.5 Å². The maximum atomic E-state index is 2.81. The molecule has 0 aromatic carbocycles. The molecule has 9 atom stereocenters. The van der Waals surface area contributed by atoms with E-state index in [1.807, 2.05) is 0 Å². The zero-order valence-corrected chi connectivity index (χ0v) is 21.7. The van der Waals surface area contributed by atoms with Gasteiger partial charge in [0, 0.05) is 0 Å². The minimum Gasteiger partial charge on any atom is -0.0625 e. The lowest BCUT2D eigenvalue weighted by Gasteiger charge is -2.73. The quantitative estimate of drug-likeness (QED) is 0.402. The van der Waals surface area contributed by atoms with E-state index in [0.29, 0.717) is 27.1 Å². The first-order valence-electron chi connectivity index (χ1n) is 13.9. The third kappa shape index (κ3) is 2.52. The predicted molar refractivity (Wildman–Crippen MR) is 129 cm³/mol. The molecule has 5 aliphatic rings. The molecule has 0 heteroatoms. The monoisotopic (exact) mass is 412 g/mol. The van der Waals surface area contributed by atoms with Crippen molar-refractivity contribution in [2.75, 3.05) is 0 Å². The fourth-order valence-corrected chi connectivity index (χ4v) is 12.1. The molecule has 0 amide bonds. The van der Waals surface area contributed by atoms with Gasteiger partial charge in [0.05, 0.1) is 0 Å². The first-order valence-corrected chi connectivity index (χ1v) is 13.9.